The average Bonchev–Trinajstić information content (AvgIpc) is 2.12. The maximum Gasteiger partial charge on any atom is 0.317 e. The minimum atomic E-state index is -0.753. The molecule has 14 heavy (non-hydrogen) atoms. The van der Waals surface area contributed by atoms with Crippen LogP contribution in [0.2, 0.25) is 0 Å². The van der Waals surface area contributed by atoms with E-state index in [1.165, 1.54) is 25.7 Å². The molecule has 1 aliphatic heterocycles. The molecular weight excluding hydrogens is 180 g/mol. The molecule has 80 valence electrons. The first-order valence-electron chi connectivity index (χ1n) is 5.36. The summed E-state index contributed by atoms with van der Waals surface area (Å²) in [5, 5.41) is 14.9. The van der Waals surface area contributed by atoms with Gasteiger partial charge in [-0.15, -0.1) is 0 Å². The van der Waals surface area contributed by atoms with Crippen molar-refractivity contribution in [1.29, 1.82) is 0 Å². The van der Waals surface area contributed by atoms with Crippen molar-refractivity contribution >= 4 is 5.97 Å². The lowest BCUT2D eigenvalue weighted by molar-refractivity contribution is -0.136. The minimum absolute atomic E-state index is 0.110. The van der Waals surface area contributed by atoms with Crippen molar-refractivity contribution in [3.8, 4) is 0 Å². The molecule has 1 spiro atoms. The number of carboxylic acids is 1. The van der Waals surface area contributed by atoms with Gasteiger partial charge < -0.3 is 15.7 Å². The third-order valence-electron chi connectivity index (χ3n) is 3.57. The van der Waals surface area contributed by atoms with Gasteiger partial charge in [-0.2, -0.15) is 0 Å². The number of aliphatic carboxylic acids is 1. The molecule has 1 saturated heterocycles. The van der Waals surface area contributed by atoms with Crippen molar-refractivity contribution in [2.45, 2.75) is 31.7 Å². The van der Waals surface area contributed by atoms with E-state index in [4.69, 9.17) is 5.11 Å². The van der Waals surface area contributed by atoms with E-state index in [-0.39, 0.29) is 6.54 Å². The highest BCUT2D eigenvalue weighted by Crippen LogP contribution is 2.47. The maximum atomic E-state index is 10.3. The van der Waals surface area contributed by atoms with Gasteiger partial charge in [0, 0.05) is 6.04 Å². The largest absolute Gasteiger partial charge is 0.480 e. The first kappa shape index (κ1) is 9.93. The van der Waals surface area contributed by atoms with E-state index in [0.29, 0.717) is 11.5 Å². The zero-order chi connectivity index (χ0) is 10.0. The van der Waals surface area contributed by atoms with E-state index in [0.717, 1.165) is 13.1 Å². The van der Waals surface area contributed by atoms with E-state index < -0.39 is 5.97 Å². The number of hydrogen-bond acceptors (Lipinski definition) is 3. The average molecular weight is 198 g/mol. The fourth-order valence-electron chi connectivity index (χ4n) is 2.73. The molecule has 0 aromatic rings. The Hall–Kier alpha value is -0.610. The monoisotopic (exact) mass is 198 g/mol. The standard InChI is InChI=1S/C10H18N2O2/c13-9(14)7-12-8-5-10(6-8)1-3-11-4-2-10/h8,11-12H,1-7H2,(H,13,14). The molecule has 0 aromatic carbocycles. The predicted molar refractivity (Wildman–Crippen MR) is 53.2 cm³/mol. The van der Waals surface area contributed by atoms with Gasteiger partial charge in [0.2, 0.25) is 0 Å². The smallest absolute Gasteiger partial charge is 0.317 e. The van der Waals surface area contributed by atoms with Gasteiger partial charge in [0.1, 0.15) is 0 Å². The third-order valence-corrected chi connectivity index (χ3v) is 3.57. The molecule has 1 saturated carbocycles. The Labute approximate surface area is 84.1 Å². The van der Waals surface area contributed by atoms with Crippen molar-refractivity contribution in [3.05, 3.63) is 0 Å². The molecule has 2 fully saturated rings. The normalized spacial score (nSPS) is 26.0. The summed E-state index contributed by atoms with van der Waals surface area (Å²) in [5.74, 6) is -0.753. The number of nitrogens with one attached hydrogen (secondary N) is 2. The highest BCUT2D eigenvalue weighted by Gasteiger charge is 2.44. The number of rotatable bonds is 3. The summed E-state index contributed by atoms with van der Waals surface area (Å²) in [7, 11) is 0. The lowest BCUT2D eigenvalue weighted by atomic mass is 9.60. The summed E-state index contributed by atoms with van der Waals surface area (Å²) in [4.78, 5) is 10.3. The van der Waals surface area contributed by atoms with Crippen LogP contribution in [-0.4, -0.2) is 36.8 Å². The molecule has 2 rings (SSSR count). The van der Waals surface area contributed by atoms with Crippen molar-refractivity contribution in [1.82, 2.24) is 10.6 Å². The molecule has 1 heterocycles. The molecule has 0 unspecified atom stereocenters. The summed E-state index contributed by atoms with van der Waals surface area (Å²) in [6.07, 6.45) is 4.86. The first-order valence-corrected chi connectivity index (χ1v) is 5.36. The molecule has 4 heteroatoms. The van der Waals surface area contributed by atoms with E-state index >= 15 is 0 Å². The third kappa shape index (κ3) is 2.07. The number of hydrogen-bond donors (Lipinski definition) is 3. The molecule has 3 N–H and O–H groups in total. The topological polar surface area (TPSA) is 61.4 Å². The summed E-state index contributed by atoms with van der Waals surface area (Å²) >= 11 is 0. The summed E-state index contributed by atoms with van der Waals surface area (Å²) in [6.45, 7) is 2.37. The Morgan fingerprint density at radius 2 is 2.07 bits per heavy atom. The second kappa shape index (κ2) is 3.87. The molecular formula is C10H18N2O2. The molecule has 1 aliphatic carbocycles. The maximum absolute atomic E-state index is 10.3. The Kier molecular flexibility index (Phi) is 2.74. The van der Waals surface area contributed by atoms with E-state index in [9.17, 15) is 4.79 Å². The second-order valence-corrected chi connectivity index (χ2v) is 4.63. The molecule has 2 aliphatic rings. The van der Waals surface area contributed by atoms with Crippen LogP contribution in [-0.2, 0) is 4.79 Å². The van der Waals surface area contributed by atoms with Gasteiger partial charge in [0.25, 0.3) is 0 Å². The summed E-state index contributed by atoms with van der Waals surface area (Å²) in [6, 6.07) is 0.448. The predicted octanol–water partition coefficient (Wildman–Crippen LogP) is 0.193. The molecule has 0 atom stereocenters. The molecule has 0 aromatic heterocycles. The molecule has 4 nitrogen and oxygen atoms in total. The van der Waals surface area contributed by atoms with Crippen LogP contribution in [0.3, 0.4) is 0 Å². The second-order valence-electron chi connectivity index (χ2n) is 4.63. The first-order chi connectivity index (χ1) is 6.70. The van der Waals surface area contributed by atoms with Crippen LogP contribution in [0.4, 0.5) is 0 Å². The number of carbonyl (C=O) groups is 1. The van der Waals surface area contributed by atoms with Crippen LogP contribution in [0, 0.1) is 5.41 Å². The van der Waals surface area contributed by atoms with Gasteiger partial charge >= 0.3 is 5.97 Å². The van der Waals surface area contributed by atoms with Crippen LogP contribution in [0.25, 0.3) is 0 Å². The lowest BCUT2D eigenvalue weighted by Crippen LogP contribution is -2.53. The van der Waals surface area contributed by atoms with Crippen molar-refractivity contribution in [3.63, 3.8) is 0 Å². The SMILES string of the molecule is O=C(O)CNC1CC2(CCNCC2)C1. The zero-order valence-electron chi connectivity index (χ0n) is 8.38. The lowest BCUT2D eigenvalue weighted by Gasteiger charge is -2.50. The fraction of sp³-hybridized carbons (Fsp3) is 0.900. The Morgan fingerprint density at radius 1 is 1.43 bits per heavy atom. The van der Waals surface area contributed by atoms with Crippen LogP contribution >= 0.6 is 0 Å². The summed E-state index contributed by atoms with van der Waals surface area (Å²) in [5.41, 5.74) is 0.543. The van der Waals surface area contributed by atoms with Crippen LogP contribution < -0.4 is 10.6 Å². The molecule has 0 radical (unpaired) electrons. The van der Waals surface area contributed by atoms with Crippen LogP contribution in [0.5, 0.6) is 0 Å². The highest BCUT2D eigenvalue weighted by molar-refractivity contribution is 5.69. The number of piperidine rings is 1. The Balaban J connectivity index is 1.70. The van der Waals surface area contributed by atoms with Gasteiger partial charge in [0.15, 0.2) is 0 Å². The quantitative estimate of drug-likeness (QED) is 0.606. The van der Waals surface area contributed by atoms with Crippen molar-refractivity contribution in [2.24, 2.45) is 5.41 Å². The van der Waals surface area contributed by atoms with Crippen molar-refractivity contribution < 1.29 is 9.90 Å². The zero-order valence-corrected chi connectivity index (χ0v) is 8.38. The van der Waals surface area contributed by atoms with Crippen LogP contribution in [0.15, 0.2) is 0 Å². The van der Waals surface area contributed by atoms with Crippen molar-refractivity contribution in [2.75, 3.05) is 19.6 Å². The van der Waals surface area contributed by atoms with Gasteiger partial charge in [-0.3, -0.25) is 4.79 Å². The van der Waals surface area contributed by atoms with Crippen LogP contribution in [0.1, 0.15) is 25.7 Å². The summed E-state index contributed by atoms with van der Waals surface area (Å²) < 4.78 is 0. The van der Waals surface area contributed by atoms with Gasteiger partial charge in [-0.1, -0.05) is 0 Å². The highest BCUT2D eigenvalue weighted by atomic mass is 16.4. The minimum Gasteiger partial charge on any atom is -0.480 e. The molecule has 0 bridgehead atoms. The fourth-order valence-corrected chi connectivity index (χ4v) is 2.73. The van der Waals surface area contributed by atoms with E-state index in [1.807, 2.05) is 0 Å². The van der Waals surface area contributed by atoms with Gasteiger partial charge in [0.05, 0.1) is 6.54 Å². The van der Waals surface area contributed by atoms with Gasteiger partial charge in [-0.05, 0) is 44.2 Å². The van der Waals surface area contributed by atoms with E-state index in [2.05, 4.69) is 10.6 Å². The molecule has 0 amide bonds. The van der Waals surface area contributed by atoms with E-state index in [1.54, 1.807) is 0 Å². The number of carboxylic acid groups (broad SMARTS) is 1. The Morgan fingerprint density at radius 3 is 2.64 bits per heavy atom. The van der Waals surface area contributed by atoms with Gasteiger partial charge in [-0.25, -0.2) is 0 Å². The Bertz CT molecular complexity index is 216.